The van der Waals surface area contributed by atoms with Crippen LogP contribution in [0, 0.1) is 6.92 Å². The molecule has 0 saturated heterocycles. The van der Waals surface area contributed by atoms with E-state index in [1.165, 1.54) is 0 Å². The third kappa shape index (κ3) is 2.74. The molecule has 0 aliphatic carbocycles. The number of fused-ring (bicyclic) bond motifs is 1. The van der Waals surface area contributed by atoms with Crippen molar-refractivity contribution < 1.29 is 4.74 Å². The lowest BCUT2D eigenvalue weighted by atomic mass is 10.1. The molecular formula is C16H12BrClN2O. The van der Waals surface area contributed by atoms with Crippen molar-refractivity contribution in [1.82, 2.24) is 9.97 Å². The first-order valence-corrected chi connectivity index (χ1v) is 7.53. The SMILES string of the molecule is COc1ccc2cc(-c3nc(C)c(Br)c(Cl)n3)ccc2c1. The first-order chi connectivity index (χ1) is 10.1. The van der Waals surface area contributed by atoms with Gasteiger partial charge in [-0.25, -0.2) is 9.97 Å². The number of ether oxygens (including phenoxy) is 1. The largest absolute Gasteiger partial charge is 0.497 e. The van der Waals surface area contributed by atoms with Crippen LogP contribution >= 0.6 is 27.5 Å². The minimum absolute atomic E-state index is 0.423. The van der Waals surface area contributed by atoms with Crippen molar-refractivity contribution in [3.63, 3.8) is 0 Å². The molecule has 106 valence electrons. The summed E-state index contributed by atoms with van der Waals surface area (Å²) in [5.74, 6) is 1.47. The van der Waals surface area contributed by atoms with Crippen LogP contribution < -0.4 is 4.74 Å². The molecule has 1 heterocycles. The van der Waals surface area contributed by atoms with Gasteiger partial charge in [0.05, 0.1) is 17.3 Å². The van der Waals surface area contributed by atoms with Crippen molar-refractivity contribution in [2.75, 3.05) is 7.11 Å². The molecule has 3 rings (SSSR count). The summed E-state index contributed by atoms with van der Waals surface area (Å²) in [7, 11) is 1.66. The summed E-state index contributed by atoms with van der Waals surface area (Å²) in [6.07, 6.45) is 0. The third-order valence-electron chi connectivity index (χ3n) is 3.28. The molecule has 0 fully saturated rings. The molecule has 0 radical (unpaired) electrons. The van der Waals surface area contributed by atoms with E-state index in [0.29, 0.717) is 11.0 Å². The quantitative estimate of drug-likeness (QED) is 0.599. The number of rotatable bonds is 2. The molecule has 0 aliphatic heterocycles. The normalized spacial score (nSPS) is 10.9. The lowest BCUT2D eigenvalue weighted by Crippen LogP contribution is -1.94. The highest BCUT2D eigenvalue weighted by Gasteiger charge is 2.09. The Morgan fingerprint density at radius 2 is 1.76 bits per heavy atom. The van der Waals surface area contributed by atoms with Gasteiger partial charge in [0.15, 0.2) is 5.82 Å². The molecule has 0 bridgehead atoms. The van der Waals surface area contributed by atoms with Crippen LogP contribution in [0.15, 0.2) is 40.9 Å². The van der Waals surface area contributed by atoms with Gasteiger partial charge in [-0.1, -0.05) is 29.8 Å². The van der Waals surface area contributed by atoms with E-state index in [2.05, 4.69) is 25.9 Å². The lowest BCUT2D eigenvalue weighted by molar-refractivity contribution is 0.415. The fraction of sp³-hybridized carbons (Fsp3) is 0.125. The molecule has 2 aromatic carbocycles. The maximum Gasteiger partial charge on any atom is 0.161 e. The molecule has 0 saturated carbocycles. The average molecular weight is 364 g/mol. The van der Waals surface area contributed by atoms with Gasteiger partial charge in [-0.2, -0.15) is 0 Å². The fourth-order valence-corrected chi connectivity index (χ4v) is 2.54. The molecule has 0 spiro atoms. The van der Waals surface area contributed by atoms with Crippen LogP contribution in [0.2, 0.25) is 5.15 Å². The van der Waals surface area contributed by atoms with Gasteiger partial charge in [-0.15, -0.1) is 0 Å². The molecule has 0 N–H and O–H groups in total. The van der Waals surface area contributed by atoms with Crippen LogP contribution in [0.5, 0.6) is 5.75 Å². The molecule has 3 nitrogen and oxygen atoms in total. The molecule has 0 amide bonds. The number of aromatic nitrogens is 2. The Morgan fingerprint density at radius 3 is 2.48 bits per heavy atom. The maximum absolute atomic E-state index is 6.11. The van der Waals surface area contributed by atoms with Gasteiger partial charge in [-0.05, 0) is 51.8 Å². The van der Waals surface area contributed by atoms with Gasteiger partial charge in [-0.3, -0.25) is 0 Å². The van der Waals surface area contributed by atoms with Gasteiger partial charge < -0.3 is 4.74 Å². The second kappa shape index (κ2) is 5.62. The van der Waals surface area contributed by atoms with Gasteiger partial charge in [0, 0.05) is 5.56 Å². The van der Waals surface area contributed by atoms with Crippen LogP contribution in [-0.2, 0) is 0 Å². The Bertz CT molecular complexity index is 813. The van der Waals surface area contributed by atoms with E-state index in [-0.39, 0.29) is 0 Å². The molecular weight excluding hydrogens is 352 g/mol. The lowest BCUT2D eigenvalue weighted by Gasteiger charge is -2.07. The predicted octanol–water partition coefficient (Wildman–Crippen LogP) is 5.03. The van der Waals surface area contributed by atoms with Crippen molar-refractivity contribution in [2.45, 2.75) is 6.92 Å². The van der Waals surface area contributed by atoms with E-state index in [4.69, 9.17) is 16.3 Å². The van der Waals surface area contributed by atoms with Gasteiger partial charge in [0.2, 0.25) is 0 Å². The van der Waals surface area contributed by atoms with E-state index in [9.17, 15) is 0 Å². The number of methoxy groups -OCH3 is 1. The number of hydrogen-bond donors (Lipinski definition) is 0. The molecule has 5 heteroatoms. The second-order valence-corrected chi connectivity index (χ2v) is 5.82. The number of aryl methyl sites for hydroxylation is 1. The van der Waals surface area contributed by atoms with Crippen LogP contribution in [0.4, 0.5) is 0 Å². The van der Waals surface area contributed by atoms with Crippen molar-refractivity contribution >= 4 is 38.3 Å². The Balaban J connectivity index is 2.13. The highest BCUT2D eigenvalue weighted by Crippen LogP contribution is 2.29. The summed E-state index contributed by atoms with van der Waals surface area (Å²) in [6.45, 7) is 1.90. The summed E-state index contributed by atoms with van der Waals surface area (Å²) < 4.78 is 5.97. The Kier molecular flexibility index (Phi) is 3.83. The zero-order chi connectivity index (χ0) is 15.0. The first-order valence-electron chi connectivity index (χ1n) is 6.36. The topological polar surface area (TPSA) is 35.0 Å². The van der Waals surface area contributed by atoms with Crippen molar-refractivity contribution in [3.05, 3.63) is 51.7 Å². The van der Waals surface area contributed by atoms with Crippen molar-refractivity contribution in [3.8, 4) is 17.1 Å². The van der Waals surface area contributed by atoms with Crippen LogP contribution in [0.25, 0.3) is 22.2 Å². The number of halogens is 2. The van der Waals surface area contributed by atoms with Gasteiger partial charge in [0.1, 0.15) is 10.9 Å². The zero-order valence-electron chi connectivity index (χ0n) is 11.5. The number of benzene rings is 2. The van der Waals surface area contributed by atoms with Crippen molar-refractivity contribution in [2.24, 2.45) is 0 Å². The fourth-order valence-electron chi connectivity index (χ4n) is 2.14. The minimum Gasteiger partial charge on any atom is -0.497 e. The maximum atomic E-state index is 6.11. The summed E-state index contributed by atoms with van der Waals surface area (Å²) in [4.78, 5) is 8.80. The predicted molar refractivity (Wildman–Crippen MR) is 89.0 cm³/mol. The number of nitrogens with zero attached hydrogens (tertiary/aromatic N) is 2. The molecule has 1 aromatic heterocycles. The minimum atomic E-state index is 0.423. The zero-order valence-corrected chi connectivity index (χ0v) is 13.9. The smallest absolute Gasteiger partial charge is 0.161 e. The molecule has 21 heavy (non-hydrogen) atoms. The van der Waals surface area contributed by atoms with Crippen molar-refractivity contribution in [1.29, 1.82) is 0 Å². The molecule has 0 atom stereocenters. The monoisotopic (exact) mass is 362 g/mol. The molecule has 0 unspecified atom stereocenters. The standard InChI is InChI=1S/C16H12BrClN2O/c1-9-14(17)15(18)20-16(19-9)12-4-3-11-8-13(21-2)6-5-10(11)7-12/h3-8H,1-2H3. The van der Waals surface area contributed by atoms with E-state index in [1.54, 1.807) is 7.11 Å². The molecule has 3 aromatic rings. The van der Waals surface area contributed by atoms with E-state index >= 15 is 0 Å². The van der Waals surface area contributed by atoms with E-state index in [1.807, 2.05) is 43.3 Å². The van der Waals surface area contributed by atoms with Crippen LogP contribution in [0.3, 0.4) is 0 Å². The number of hydrogen-bond acceptors (Lipinski definition) is 3. The van der Waals surface area contributed by atoms with E-state index in [0.717, 1.165) is 32.3 Å². The van der Waals surface area contributed by atoms with Crippen LogP contribution in [-0.4, -0.2) is 17.1 Å². The molecule has 0 aliphatic rings. The van der Waals surface area contributed by atoms with Crippen LogP contribution in [0.1, 0.15) is 5.69 Å². The Labute approximate surface area is 136 Å². The highest BCUT2D eigenvalue weighted by atomic mass is 79.9. The average Bonchev–Trinajstić information content (AvgIpc) is 2.51. The summed E-state index contributed by atoms with van der Waals surface area (Å²) in [5, 5.41) is 2.64. The van der Waals surface area contributed by atoms with Gasteiger partial charge >= 0.3 is 0 Å². The summed E-state index contributed by atoms with van der Waals surface area (Å²) in [5.41, 5.74) is 1.75. The van der Waals surface area contributed by atoms with Gasteiger partial charge in [0.25, 0.3) is 0 Å². The summed E-state index contributed by atoms with van der Waals surface area (Å²) >= 11 is 9.48. The third-order valence-corrected chi connectivity index (χ3v) is 4.73. The Morgan fingerprint density at radius 1 is 1.05 bits per heavy atom. The second-order valence-electron chi connectivity index (χ2n) is 4.67. The first kappa shape index (κ1) is 14.3. The summed E-state index contributed by atoms with van der Waals surface area (Å²) in [6, 6.07) is 12.0. The van der Waals surface area contributed by atoms with E-state index < -0.39 is 0 Å². The Hall–Kier alpha value is -1.65. The highest BCUT2D eigenvalue weighted by molar-refractivity contribution is 9.10.